The topological polar surface area (TPSA) is 71.8 Å². The second-order valence-electron chi connectivity index (χ2n) is 4.08. The number of H-pyrrole nitrogens is 1. The van der Waals surface area contributed by atoms with Crippen LogP contribution in [0.5, 0.6) is 0 Å². The monoisotopic (exact) mass is 273 g/mol. The summed E-state index contributed by atoms with van der Waals surface area (Å²) in [6, 6.07) is 7.36. The highest BCUT2D eigenvalue weighted by Gasteiger charge is 2.06. The standard InChI is InChI=1S/C13H8ClN3O2/c14-9-6-11-10-5-8(3-4-17(18)19)1-2-12(10)16-13(11)15-7-9/h1-7H,(H,15,16)/b4-3+. The molecular weight excluding hydrogens is 266 g/mol. The molecule has 3 aromatic rings. The summed E-state index contributed by atoms with van der Waals surface area (Å²) in [5.41, 5.74) is 2.42. The van der Waals surface area contributed by atoms with Crippen molar-refractivity contribution in [1.82, 2.24) is 9.97 Å². The van der Waals surface area contributed by atoms with Gasteiger partial charge in [-0.3, -0.25) is 10.1 Å². The number of hydrogen-bond donors (Lipinski definition) is 1. The molecule has 0 unspecified atom stereocenters. The van der Waals surface area contributed by atoms with Crippen LogP contribution in [0, 0.1) is 10.1 Å². The zero-order chi connectivity index (χ0) is 13.4. The summed E-state index contributed by atoms with van der Waals surface area (Å²) in [7, 11) is 0. The minimum atomic E-state index is -0.488. The maximum Gasteiger partial charge on any atom is 0.235 e. The molecule has 19 heavy (non-hydrogen) atoms. The Balaban J connectivity index is 2.23. The lowest BCUT2D eigenvalue weighted by molar-refractivity contribution is -0.400. The van der Waals surface area contributed by atoms with Gasteiger partial charge in [-0.25, -0.2) is 4.98 Å². The van der Waals surface area contributed by atoms with Crippen molar-refractivity contribution in [3.8, 4) is 0 Å². The van der Waals surface area contributed by atoms with Crippen LogP contribution in [0.1, 0.15) is 5.56 Å². The van der Waals surface area contributed by atoms with Crippen LogP contribution >= 0.6 is 11.6 Å². The van der Waals surface area contributed by atoms with Crippen LogP contribution in [-0.4, -0.2) is 14.9 Å². The average Bonchev–Trinajstić information content (AvgIpc) is 2.74. The molecule has 0 bridgehead atoms. The fourth-order valence-electron chi connectivity index (χ4n) is 2.02. The lowest BCUT2D eigenvalue weighted by Crippen LogP contribution is -1.82. The first-order chi connectivity index (χ1) is 9.13. The van der Waals surface area contributed by atoms with Crippen LogP contribution in [0.3, 0.4) is 0 Å². The molecule has 0 fully saturated rings. The second kappa shape index (κ2) is 4.37. The van der Waals surface area contributed by atoms with Crippen LogP contribution in [0.15, 0.2) is 36.7 Å². The first kappa shape index (κ1) is 11.7. The zero-order valence-corrected chi connectivity index (χ0v) is 10.4. The zero-order valence-electron chi connectivity index (χ0n) is 9.63. The third-order valence-electron chi connectivity index (χ3n) is 2.83. The van der Waals surface area contributed by atoms with Gasteiger partial charge in [-0.05, 0) is 23.8 Å². The highest BCUT2D eigenvalue weighted by molar-refractivity contribution is 6.31. The molecule has 0 atom stereocenters. The van der Waals surface area contributed by atoms with E-state index in [4.69, 9.17) is 11.6 Å². The SMILES string of the molecule is O=[N+]([O-])/C=C/c1ccc2[nH]c3ncc(Cl)cc3c2c1. The summed E-state index contributed by atoms with van der Waals surface area (Å²) in [5.74, 6) is 0. The van der Waals surface area contributed by atoms with E-state index in [1.54, 1.807) is 12.3 Å². The number of hydrogen-bond acceptors (Lipinski definition) is 3. The number of rotatable bonds is 2. The number of nitrogens with zero attached hydrogens (tertiary/aromatic N) is 2. The first-order valence-electron chi connectivity index (χ1n) is 5.52. The van der Waals surface area contributed by atoms with Gasteiger partial charge < -0.3 is 4.98 Å². The van der Waals surface area contributed by atoms with Crippen molar-refractivity contribution >= 4 is 39.6 Å². The van der Waals surface area contributed by atoms with Gasteiger partial charge in [0.15, 0.2) is 0 Å². The first-order valence-corrected chi connectivity index (χ1v) is 5.90. The number of nitrogens with one attached hydrogen (secondary N) is 1. The van der Waals surface area contributed by atoms with Gasteiger partial charge in [-0.2, -0.15) is 0 Å². The van der Waals surface area contributed by atoms with E-state index in [1.807, 2.05) is 18.2 Å². The molecule has 3 rings (SSSR count). The fourth-order valence-corrected chi connectivity index (χ4v) is 2.17. The van der Waals surface area contributed by atoms with Gasteiger partial charge in [-0.15, -0.1) is 0 Å². The van der Waals surface area contributed by atoms with Gasteiger partial charge in [0.1, 0.15) is 5.65 Å². The minimum Gasteiger partial charge on any atom is -0.339 e. The van der Waals surface area contributed by atoms with E-state index < -0.39 is 4.92 Å². The van der Waals surface area contributed by atoms with Crippen molar-refractivity contribution in [3.05, 3.63) is 57.4 Å². The van der Waals surface area contributed by atoms with E-state index in [0.29, 0.717) is 5.02 Å². The summed E-state index contributed by atoms with van der Waals surface area (Å²) in [5, 5.41) is 12.7. The van der Waals surface area contributed by atoms with E-state index in [2.05, 4.69) is 9.97 Å². The largest absolute Gasteiger partial charge is 0.339 e. The Hall–Kier alpha value is -2.40. The Morgan fingerprint density at radius 2 is 2.16 bits per heavy atom. The van der Waals surface area contributed by atoms with E-state index in [-0.39, 0.29) is 0 Å². The Kier molecular flexibility index (Phi) is 2.68. The number of aromatic nitrogens is 2. The third kappa shape index (κ3) is 2.15. The smallest absolute Gasteiger partial charge is 0.235 e. The number of fused-ring (bicyclic) bond motifs is 3. The Morgan fingerprint density at radius 3 is 2.95 bits per heavy atom. The van der Waals surface area contributed by atoms with Crippen LogP contribution in [-0.2, 0) is 0 Å². The highest BCUT2D eigenvalue weighted by Crippen LogP contribution is 2.27. The van der Waals surface area contributed by atoms with Crippen LogP contribution in [0.4, 0.5) is 0 Å². The summed E-state index contributed by atoms with van der Waals surface area (Å²) >= 11 is 5.94. The molecular formula is C13H8ClN3O2. The molecule has 0 saturated heterocycles. The van der Waals surface area contributed by atoms with Crippen molar-refractivity contribution < 1.29 is 4.92 Å². The number of nitro groups is 1. The molecule has 0 radical (unpaired) electrons. The average molecular weight is 274 g/mol. The van der Waals surface area contributed by atoms with Crippen molar-refractivity contribution in [2.45, 2.75) is 0 Å². The van der Waals surface area contributed by atoms with Gasteiger partial charge in [-0.1, -0.05) is 17.7 Å². The van der Waals surface area contributed by atoms with Crippen molar-refractivity contribution in [2.24, 2.45) is 0 Å². The number of benzene rings is 1. The molecule has 0 aliphatic carbocycles. The fraction of sp³-hybridized carbons (Fsp3) is 0. The predicted octanol–water partition coefficient (Wildman–Crippen LogP) is 3.62. The normalized spacial score (nSPS) is 11.6. The molecule has 94 valence electrons. The molecule has 2 heterocycles. The Bertz CT molecular complexity index is 823. The summed E-state index contributed by atoms with van der Waals surface area (Å²) < 4.78 is 0. The molecule has 1 N–H and O–H groups in total. The van der Waals surface area contributed by atoms with Crippen molar-refractivity contribution in [3.63, 3.8) is 0 Å². The molecule has 5 nitrogen and oxygen atoms in total. The summed E-state index contributed by atoms with van der Waals surface area (Å²) in [6.45, 7) is 0. The lowest BCUT2D eigenvalue weighted by Gasteiger charge is -1.94. The Morgan fingerprint density at radius 1 is 1.32 bits per heavy atom. The van der Waals surface area contributed by atoms with E-state index in [1.165, 1.54) is 6.08 Å². The van der Waals surface area contributed by atoms with E-state index >= 15 is 0 Å². The van der Waals surface area contributed by atoms with Crippen molar-refractivity contribution in [1.29, 1.82) is 0 Å². The van der Waals surface area contributed by atoms with Gasteiger partial charge in [0.2, 0.25) is 6.20 Å². The van der Waals surface area contributed by atoms with Gasteiger partial charge >= 0.3 is 0 Å². The molecule has 6 heteroatoms. The maximum atomic E-state index is 10.3. The maximum absolute atomic E-state index is 10.3. The van der Waals surface area contributed by atoms with Crippen LogP contribution in [0.25, 0.3) is 28.0 Å². The molecule has 0 aliphatic heterocycles. The molecule has 0 saturated carbocycles. The second-order valence-corrected chi connectivity index (χ2v) is 4.52. The number of pyridine rings is 1. The van der Waals surface area contributed by atoms with E-state index in [9.17, 15) is 10.1 Å². The molecule has 0 amide bonds. The quantitative estimate of drug-likeness (QED) is 0.572. The van der Waals surface area contributed by atoms with Crippen molar-refractivity contribution in [2.75, 3.05) is 0 Å². The van der Waals surface area contributed by atoms with Gasteiger partial charge in [0.05, 0.1) is 9.95 Å². The number of aromatic amines is 1. The molecule has 2 aromatic heterocycles. The molecule has 0 aliphatic rings. The lowest BCUT2D eigenvalue weighted by atomic mass is 10.1. The molecule has 0 spiro atoms. The summed E-state index contributed by atoms with van der Waals surface area (Å²) in [4.78, 5) is 17.2. The minimum absolute atomic E-state index is 0.488. The van der Waals surface area contributed by atoms with Crippen LogP contribution < -0.4 is 0 Å². The van der Waals surface area contributed by atoms with E-state index in [0.717, 1.165) is 33.7 Å². The van der Waals surface area contributed by atoms with Gasteiger partial charge in [0, 0.05) is 28.6 Å². The Labute approximate surface area is 112 Å². The summed E-state index contributed by atoms with van der Waals surface area (Å²) in [6.07, 6.45) is 3.95. The predicted molar refractivity (Wildman–Crippen MR) is 74.6 cm³/mol. The highest BCUT2D eigenvalue weighted by atomic mass is 35.5. The third-order valence-corrected chi connectivity index (χ3v) is 3.04. The van der Waals surface area contributed by atoms with Crippen LogP contribution in [0.2, 0.25) is 5.02 Å². The van der Waals surface area contributed by atoms with Gasteiger partial charge in [0.25, 0.3) is 0 Å². The number of halogens is 1. The molecule has 1 aromatic carbocycles.